The molecule has 0 fully saturated rings. The van der Waals surface area contributed by atoms with Gasteiger partial charge in [-0.1, -0.05) is 48.5 Å². The number of ketones is 1. The van der Waals surface area contributed by atoms with E-state index in [1.165, 1.54) is 6.33 Å². The first-order valence-corrected chi connectivity index (χ1v) is 12.6. The highest BCUT2D eigenvalue weighted by Crippen LogP contribution is 2.45. The van der Waals surface area contributed by atoms with Crippen LogP contribution >= 0.6 is 0 Å². The topological polar surface area (TPSA) is 87.5 Å². The number of aromatic nitrogens is 3. The highest BCUT2D eigenvalue weighted by Gasteiger charge is 2.39. The maximum atomic E-state index is 13.8. The highest BCUT2D eigenvalue weighted by atomic mass is 16.5. The van der Waals surface area contributed by atoms with Crippen LogP contribution in [0.5, 0.6) is 17.2 Å². The summed E-state index contributed by atoms with van der Waals surface area (Å²) in [6, 6.07) is 23.4. The number of rotatable bonds is 7. The van der Waals surface area contributed by atoms with Crippen molar-refractivity contribution in [2.24, 2.45) is 0 Å². The number of anilines is 1. The van der Waals surface area contributed by atoms with E-state index in [2.05, 4.69) is 15.4 Å². The van der Waals surface area contributed by atoms with Gasteiger partial charge in [-0.2, -0.15) is 10.1 Å². The van der Waals surface area contributed by atoms with Crippen molar-refractivity contribution in [2.75, 3.05) is 19.5 Å². The summed E-state index contributed by atoms with van der Waals surface area (Å²) in [5.74, 6) is 2.75. The molecule has 1 aliphatic heterocycles. The largest absolute Gasteiger partial charge is 0.493 e. The number of methoxy groups -OCH3 is 2. The van der Waals surface area contributed by atoms with Gasteiger partial charge in [0.05, 0.1) is 14.2 Å². The number of nitrogens with one attached hydrogen (secondary N) is 1. The molecule has 0 radical (unpaired) electrons. The molecule has 0 amide bonds. The fourth-order valence-electron chi connectivity index (χ4n) is 5.32. The normalized spacial score (nSPS) is 18.3. The number of Topliss-reactive ketones (excluding diaryl/α,β-unsaturated/α-hetero) is 1. The Bertz CT molecular complexity index is 1510. The van der Waals surface area contributed by atoms with Crippen LogP contribution in [0.15, 0.2) is 90.4 Å². The molecule has 1 N–H and O–H groups in total. The lowest BCUT2D eigenvalue weighted by Gasteiger charge is -2.35. The van der Waals surface area contributed by atoms with Crippen molar-refractivity contribution in [3.05, 3.63) is 107 Å². The third-order valence-electron chi connectivity index (χ3n) is 7.16. The summed E-state index contributed by atoms with van der Waals surface area (Å²) in [6.07, 6.45) is 2.57. The van der Waals surface area contributed by atoms with Crippen LogP contribution in [0, 0.1) is 0 Å². The number of benzene rings is 3. The van der Waals surface area contributed by atoms with Crippen molar-refractivity contribution in [3.63, 3.8) is 0 Å². The van der Waals surface area contributed by atoms with Crippen molar-refractivity contribution in [1.82, 2.24) is 14.8 Å². The van der Waals surface area contributed by atoms with E-state index in [0.717, 1.165) is 33.7 Å². The van der Waals surface area contributed by atoms with Crippen LogP contribution in [0.1, 0.15) is 41.5 Å². The standard InChI is InChI=1S/C30H28N4O4/c1-36-26-12-11-20(16-27(26)37-2)22-14-24-28(25(35)15-22)29(34-30(33-24)31-18-32-34)21-9-6-10-23(13-21)38-17-19-7-4-3-5-8-19/h3-13,16,18,22,29H,14-15,17H2,1-2H3,(H,31,32,33)/t22-,29-/m0/s1. The van der Waals surface area contributed by atoms with Gasteiger partial charge in [0, 0.05) is 17.7 Å². The predicted molar refractivity (Wildman–Crippen MR) is 143 cm³/mol. The van der Waals surface area contributed by atoms with Gasteiger partial charge in [-0.25, -0.2) is 4.68 Å². The molecule has 1 aromatic heterocycles. The zero-order valence-electron chi connectivity index (χ0n) is 21.3. The molecule has 2 atom stereocenters. The predicted octanol–water partition coefficient (Wildman–Crippen LogP) is 5.29. The molecule has 2 heterocycles. The van der Waals surface area contributed by atoms with Crippen LogP contribution in [-0.2, 0) is 11.4 Å². The average molecular weight is 509 g/mol. The summed E-state index contributed by atoms with van der Waals surface area (Å²) >= 11 is 0. The van der Waals surface area contributed by atoms with Crippen molar-refractivity contribution >= 4 is 11.7 Å². The number of carbonyl (C=O) groups is 1. The minimum atomic E-state index is -0.386. The third kappa shape index (κ3) is 4.38. The lowest BCUT2D eigenvalue weighted by Crippen LogP contribution is -2.33. The van der Waals surface area contributed by atoms with Gasteiger partial charge < -0.3 is 19.5 Å². The maximum Gasteiger partial charge on any atom is 0.226 e. The van der Waals surface area contributed by atoms with E-state index >= 15 is 0 Å². The first-order valence-electron chi connectivity index (χ1n) is 12.6. The molecular weight excluding hydrogens is 480 g/mol. The van der Waals surface area contributed by atoms with Gasteiger partial charge >= 0.3 is 0 Å². The molecule has 6 rings (SSSR count). The molecule has 8 heteroatoms. The van der Waals surface area contributed by atoms with E-state index in [1.54, 1.807) is 18.9 Å². The molecule has 192 valence electrons. The molecule has 0 bridgehead atoms. The van der Waals surface area contributed by atoms with Crippen LogP contribution in [0.2, 0.25) is 0 Å². The molecule has 8 nitrogen and oxygen atoms in total. The van der Waals surface area contributed by atoms with Gasteiger partial charge in [-0.3, -0.25) is 4.79 Å². The summed E-state index contributed by atoms with van der Waals surface area (Å²) in [5.41, 5.74) is 4.65. The minimum absolute atomic E-state index is 0.00391. The Kier molecular flexibility index (Phi) is 6.29. The molecule has 38 heavy (non-hydrogen) atoms. The molecule has 0 saturated heterocycles. The Morgan fingerprint density at radius 2 is 1.76 bits per heavy atom. The Morgan fingerprint density at radius 1 is 0.921 bits per heavy atom. The van der Waals surface area contributed by atoms with Crippen LogP contribution < -0.4 is 19.5 Å². The van der Waals surface area contributed by atoms with E-state index in [-0.39, 0.29) is 17.7 Å². The lowest BCUT2D eigenvalue weighted by atomic mass is 9.78. The molecule has 3 aromatic carbocycles. The van der Waals surface area contributed by atoms with Crippen LogP contribution in [0.25, 0.3) is 0 Å². The van der Waals surface area contributed by atoms with Crippen molar-refractivity contribution < 1.29 is 19.0 Å². The summed E-state index contributed by atoms with van der Waals surface area (Å²) in [5, 5.41) is 7.85. The molecule has 1 aliphatic carbocycles. The SMILES string of the molecule is COc1ccc([C@@H]2CC(=O)C3=C(C2)Nc2ncnn2[C@H]3c2cccc(OCc3ccccc3)c2)cc1OC. The fourth-order valence-corrected chi connectivity index (χ4v) is 5.32. The zero-order valence-corrected chi connectivity index (χ0v) is 21.3. The quantitative estimate of drug-likeness (QED) is 0.363. The Morgan fingerprint density at radius 3 is 2.58 bits per heavy atom. The van der Waals surface area contributed by atoms with E-state index < -0.39 is 0 Å². The molecule has 0 saturated carbocycles. The summed E-state index contributed by atoms with van der Waals surface area (Å²) in [6.45, 7) is 0.463. The second-order valence-corrected chi connectivity index (χ2v) is 9.44. The van der Waals surface area contributed by atoms with Gasteiger partial charge in [0.25, 0.3) is 0 Å². The average Bonchev–Trinajstić information content (AvgIpc) is 3.43. The summed E-state index contributed by atoms with van der Waals surface area (Å²) in [4.78, 5) is 18.2. The molecular formula is C30H28N4O4. The van der Waals surface area contributed by atoms with Gasteiger partial charge in [-0.05, 0) is 53.3 Å². The number of hydrogen-bond donors (Lipinski definition) is 1. The highest BCUT2D eigenvalue weighted by molar-refractivity contribution is 6.00. The van der Waals surface area contributed by atoms with E-state index in [1.807, 2.05) is 72.8 Å². The van der Waals surface area contributed by atoms with Crippen LogP contribution in [0.3, 0.4) is 0 Å². The number of ether oxygens (including phenoxy) is 3. The number of fused-ring (bicyclic) bond motifs is 1. The smallest absolute Gasteiger partial charge is 0.226 e. The van der Waals surface area contributed by atoms with E-state index in [0.29, 0.717) is 36.9 Å². The zero-order chi connectivity index (χ0) is 26.1. The van der Waals surface area contributed by atoms with Gasteiger partial charge in [0.15, 0.2) is 17.3 Å². The number of nitrogens with zero attached hydrogens (tertiary/aromatic N) is 3. The van der Waals surface area contributed by atoms with Crippen molar-refractivity contribution in [1.29, 1.82) is 0 Å². The first kappa shape index (κ1) is 23.8. The van der Waals surface area contributed by atoms with E-state index in [9.17, 15) is 4.79 Å². The maximum absolute atomic E-state index is 13.8. The molecule has 4 aromatic rings. The van der Waals surface area contributed by atoms with E-state index in [4.69, 9.17) is 14.2 Å². The van der Waals surface area contributed by atoms with Gasteiger partial charge in [0.2, 0.25) is 5.95 Å². The molecule has 0 unspecified atom stereocenters. The first-order chi connectivity index (χ1) is 18.6. The Balaban J connectivity index is 1.33. The molecule has 2 aliphatic rings. The second-order valence-electron chi connectivity index (χ2n) is 9.44. The van der Waals surface area contributed by atoms with Gasteiger partial charge in [0.1, 0.15) is 24.7 Å². The van der Waals surface area contributed by atoms with Crippen molar-refractivity contribution in [2.45, 2.75) is 31.4 Å². The van der Waals surface area contributed by atoms with Crippen molar-refractivity contribution in [3.8, 4) is 17.2 Å². The minimum Gasteiger partial charge on any atom is -0.493 e. The lowest BCUT2D eigenvalue weighted by molar-refractivity contribution is -0.116. The number of allylic oxidation sites excluding steroid dienone is 2. The third-order valence-corrected chi connectivity index (χ3v) is 7.16. The summed E-state index contributed by atoms with van der Waals surface area (Å²) in [7, 11) is 3.23. The van der Waals surface area contributed by atoms with Gasteiger partial charge in [-0.15, -0.1) is 0 Å². The van der Waals surface area contributed by atoms with Crippen LogP contribution in [-0.4, -0.2) is 34.8 Å². The Hall–Kier alpha value is -4.59. The monoisotopic (exact) mass is 508 g/mol. The number of hydrogen-bond acceptors (Lipinski definition) is 7. The summed E-state index contributed by atoms with van der Waals surface area (Å²) < 4.78 is 18.8. The fraction of sp³-hybridized carbons (Fsp3) is 0.233. The second kappa shape index (κ2) is 10.0. The Labute approximate surface area is 220 Å². The van der Waals surface area contributed by atoms with Crippen LogP contribution in [0.4, 0.5) is 5.95 Å². The number of carbonyl (C=O) groups excluding carboxylic acids is 1. The molecule has 0 spiro atoms.